The third-order valence-electron chi connectivity index (χ3n) is 4.15. The SMILES string of the molecule is CC(=O)NC1CCCN(c2cc(C)nc3c(F)c(F)ccc23)C1. The fraction of sp³-hybridized carbons (Fsp3) is 0.412. The van der Waals surface area contributed by atoms with Gasteiger partial charge in [-0.2, -0.15) is 0 Å². The molecule has 1 amide bonds. The van der Waals surface area contributed by atoms with Crippen LogP contribution in [0.3, 0.4) is 0 Å². The maximum Gasteiger partial charge on any atom is 0.217 e. The van der Waals surface area contributed by atoms with E-state index in [2.05, 4.69) is 15.2 Å². The average Bonchev–Trinajstić information content (AvgIpc) is 2.50. The Morgan fingerprint density at radius 3 is 2.91 bits per heavy atom. The van der Waals surface area contributed by atoms with Crippen molar-refractivity contribution in [3.63, 3.8) is 0 Å². The number of nitrogens with zero attached hydrogens (tertiary/aromatic N) is 2. The minimum atomic E-state index is -0.914. The van der Waals surface area contributed by atoms with E-state index in [-0.39, 0.29) is 17.5 Å². The highest BCUT2D eigenvalue weighted by molar-refractivity contribution is 5.92. The molecule has 0 spiro atoms. The molecule has 1 aliphatic heterocycles. The molecule has 1 aromatic heterocycles. The molecule has 0 aliphatic carbocycles. The molecule has 1 aliphatic rings. The van der Waals surface area contributed by atoms with Crippen LogP contribution >= 0.6 is 0 Å². The average molecular weight is 319 g/mol. The summed E-state index contributed by atoms with van der Waals surface area (Å²) in [6.07, 6.45) is 1.85. The Morgan fingerprint density at radius 1 is 1.39 bits per heavy atom. The largest absolute Gasteiger partial charge is 0.369 e. The number of rotatable bonds is 2. The maximum atomic E-state index is 14.1. The number of halogens is 2. The number of amides is 1. The molecule has 3 rings (SSSR count). The van der Waals surface area contributed by atoms with Crippen LogP contribution in [-0.4, -0.2) is 30.0 Å². The van der Waals surface area contributed by atoms with Gasteiger partial charge in [0, 0.05) is 42.8 Å². The van der Waals surface area contributed by atoms with Crippen molar-refractivity contribution in [3.05, 3.63) is 35.5 Å². The lowest BCUT2D eigenvalue weighted by Crippen LogP contribution is -2.47. The molecule has 122 valence electrons. The molecule has 1 saturated heterocycles. The summed E-state index contributed by atoms with van der Waals surface area (Å²) in [6.45, 7) is 4.73. The summed E-state index contributed by atoms with van der Waals surface area (Å²) in [5.41, 5.74) is 1.53. The molecular weight excluding hydrogens is 300 g/mol. The van der Waals surface area contributed by atoms with Crippen molar-refractivity contribution in [2.24, 2.45) is 0 Å². The van der Waals surface area contributed by atoms with Crippen LogP contribution in [0.4, 0.5) is 14.5 Å². The monoisotopic (exact) mass is 319 g/mol. The van der Waals surface area contributed by atoms with E-state index in [1.807, 2.05) is 6.07 Å². The summed E-state index contributed by atoms with van der Waals surface area (Å²) in [5.74, 6) is -1.86. The van der Waals surface area contributed by atoms with E-state index in [1.165, 1.54) is 6.92 Å². The van der Waals surface area contributed by atoms with E-state index in [0.29, 0.717) is 17.6 Å². The number of piperidine rings is 1. The van der Waals surface area contributed by atoms with Gasteiger partial charge >= 0.3 is 0 Å². The fourth-order valence-corrected chi connectivity index (χ4v) is 3.20. The Balaban J connectivity index is 2.02. The predicted molar refractivity (Wildman–Crippen MR) is 85.4 cm³/mol. The van der Waals surface area contributed by atoms with Gasteiger partial charge in [-0.05, 0) is 38.0 Å². The van der Waals surface area contributed by atoms with E-state index in [9.17, 15) is 13.6 Å². The van der Waals surface area contributed by atoms with Gasteiger partial charge in [-0.3, -0.25) is 4.79 Å². The number of hydrogen-bond acceptors (Lipinski definition) is 3. The molecule has 1 fully saturated rings. The Morgan fingerprint density at radius 2 is 2.17 bits per heavy atom. The normalized spacial score (nSPS) is 18.3. The van der Waals surface area contributed by atoms with Crippen LogP contribution in [0.25, 0.3) is 10.9 Å². The van der Waals surface area contributed by atoms with Gasteiger partial charge in [0.2, 0.25) is 5.91 Å². The van der Waals surface area contributed by atoms with Gasteiger partial charge in [-0.15, -0.1) is 0 Å². The van der Waals surface area contributed by atoms with Gasteiger partial charge in [0.25, 0.3) is 0 Å². The van der Waals surface area contributed by atoms with Gasteiger partial charge in [-0.1, -0.05) is 0 Å². The van der Waals surface area contributed by atoms with Crippen LogP contribution in [0.15, 0.2) is 18.2 Å². The fourth-order valence-electron chi connectivity index (χ4n) is 3.20. The van der Waals surface area contributed by atoms with Crippen molar-refractivity contribution in [2.75, 3.05) is 18.0 Å². The smallest absolute Gasteiger partial charge is 0.217 e. The number of anilines is 1. The molecule has 0 radical (unpaired) electrons. The molecule has 2 aromatic rings. The summed E-state index contributed by atoms with van der Waals surface area (Å²) < 4.78 is 27.5. The van der Waals surface area contributed by atoms with Crippen LogP contribution in [0.1, 0.15) is 25.5 Å². The molecule has 1 atom stereocenters. The molecule has 0 saturated carbocycles. The minimum Gasteiger partial charge on any atom is -0.369 e. The molecule has 6 heteroatoms. The molecular formula is C17H19F2N3O. The lowest BCUT2D eigenvalue weighted by molar-refractivity contribution is -0.119. The number of nitrogens with one attached hydrogen (secondary N) is 1. The standard InChI is InChI=1S/C17H19F2N3O/c1-10-8-15(13-5-6-14(18)16(19)17(13)20-10)22-7-3-4-12(9-22)21-11(2)23/h5-6,8,12H,3-4,7,9H2,1-2H3,(H,21,23). The molecule has 1 aromatic carbocycles. The van der Waals surface area contributed by atoms with Crippen LogP contribution in [0.5, 0.6) is 0 Å². The van der Waals surface area contributed by atoms with Crippen LogP contribution < -0.4 is 10.2 Å². The molecule has 1 N–H and O–H groups in total. The highest BCUT2D eigenvalue weighted by Crippen LogP contribution is 2.31. The highest BCUT2D eigenvalue weighted by Gasteiger charge is 2.23. The maximum absolute atomic E-state index is 14.1. The number of pyridine rings is 1. The Hall–Kier alpha value is -2.24. The van der Waals surface area contributed by atoms with Crippen molar-refractivity contribution in [1.29, 1.82) is 0 Å². The molecule has 1 unspecified atom stereocenters. The van der Waals surface area contributed by atoms with E-state index >= 15 is 0 Å². The lowest BCUT2D eigenvalue weighted by atomic mass is 10.0. The van der Waals surface area contributed by atoms with Gasteiger partial charge in [0.05, 0.1) is 0 Å². The zero-order valence-electron chi connectivity index (χ0n) is 13.2. The summed E-state index contributed by atoms with van der Waals surface area (Å²) in [5, 5.41) is 3.53. The molecule has 2 heterocycles. The second-order valence-corrected chi connectivity index (χ2v) is 6.03. The Labute approximate surface area is 133 Å². The Bertz CT molecular complexity index is 763. The van der Waals surface area contributed by atoms with Gasteiger partial charge < -0.3 is 10.2 Å². The van der Waals surface area contributed by atoms with Crippen LogP contribution in [0, 0.1) is 18.6 Å². The van der Waals surface area contributed by atoms with Crippen molar-refractivity contribution >= 4 is 22.5 Å². The number of hydrogen-bond donors (Lipinski definition) is 1. The summed E-state index contributed by atoms with van der Waals surface area (Å²) in [4.78, 5) is 17.5. The second kappa shape index (κ2) is 6.10. The number of benzene rings is 1. The van der Waals surface area contributed by atoms with E-state index < -0.39 is 11.6 Å². The van der Waals surface area contributed by atoms with Crippen LogP contribution in [0.2, 0.25) is 0 Å². The van der Waals surface area contributed by atoms with E-state index in [0.717, 1.165) is 31.1 Å². The minimum absolute atomic E-state index is 0.0549. The number of carbonyl (C=O) groups is 1. The van der Waals surface area contributed by atoms with E-state index in [1.54, 1.807) is 13.0 Å². The first-order chi connectivity index (χ1) is 11.0. The predicted octanol–water partition coefficient (Wildman–Crippen LogP) is 2.93. The topological polar surface area (TPSA) is 45.2 Å². The molecule has 0 bridgehead atoms. The van der Waals surface area contributed by atoms with Crippen molar-refractivity contribution in [2.45, 2.75) is 32.7 Å². The third kappa shape index (κ3) is 3.11. The summed E-state index contributed by atoms with van der Waals surface area (Å²) in [7, 11) is 0. The first-order valence-electron chi connectivity index (χ1n) is 7.73. The summed E-state index contributed by atoms with van der Waals surface area (Å²) in [6, 6.07) is 4.65. The molecule has 4 nitrogen and oxygen atoms in total. The van der Waals surface area contributed by atoms with E-state index in [4.69, 9.17) is 0 Å². The van der Waals surface area contributed by atoms with Gasteiger partial charge in [-0.25, -0.2) is 13.8 Å². The number of aryl methyl sites for hydroxylation is 1. The number of aromatic nitrogens is 1. The number of carbonyl (C=O) groups excluding carboxylic acids is 1. The van der Waals surface area contributed by atoms with Gasteiger partial charge in [0.1, 0.15) is 5.52 Å². The van der Waals surface area contributed by atoms with Crippen molar-refractivity contribution in [1.82, 2.24) is 10.3 Å². The summed E-state index contributed by atoms with van der Waals surface area (Å²) >= 11 is 0. The second-order valence-electron chi connectivity index (χ2n) is 6.03. The first-order valence-corrected chi connectivity index (χ1v) is 7.73. The van der Waals surface area contributed by atoms with Gasteiger partial charge in [0.15, 0.2) is 11.6 Å². The zero-order chi connectivity index (χ0) is 16.6. The molecule has 23 heavy (non-hydrogen) atoms. The quantitative estimate of drug-likeness (QED) is 0.926. The van der Waals surface area contributed by atoms with Crippen LogP contribution in [-0.2, 0) is 4.79 Å². The first kappa shape index (κ1) is 15.6. The zero-order valence-corrected chi connectivity index (χ0v) is 13.2. The highest BCUT2D eigenvalue weighted by atomic mass is 19.2. The van der Waals surface area contributed by atoms with Crippen molar-refractivity contribution in [3.8, 4) is 0 Å². The van der Waals surface area contributed by atoms with Crippen molar-refractivity contribution < 1.29 is 13.6 Å². The Kier molecular flexibility index (Phi) is 4.15. The third-order valence-corrected chi connectivity index (χ3v) is 4.15. The number of fused-ring (bicyclic) bond motifs is 1. The lowest BCUT2D eigenvalue weighted by Gasteiger charge is -2.35.